The van der Waals surface area contributed by atoms with Crippen molar-refractivity contribution < 1.29 is 14.5 Å². The molecule has 0 spiro atoms. The zero-order valence-corrected chi connectivity index (χ0v) is 17.7. The minimum atomic E-state index is -0.457. The zero-order chi connectivity index (χ0) is 20.8. The number of non-ortho nitro benzene ring substituents is 1. The molecular weight excluding hydrogens is 458 g/mol. The van der Waals surface area contributed by atoms with Gasteiger partial charge >= 0.3 is 0 Å². The summed E-state index contributed by atoms with van der Waals surface area (Å²) in [5.74, 6) is 0.342. The number of benzene rings is 2. The van der Waals surface area contributed by atoms with Gasteiger partial charge < -0.3 is 4.74 Å². The third-order valence-electron chi connectivity index (χ3n) is 3.77. The number of hydrogen-bond donors (Lipinski definition) is 1. The van der Waals surface area contributed by atoms with Gasteiger partial charge in [-0.15, -0.1) is 11.3 Å². The smallest absolute Gasteiger partial charge is 0.270 e. The van der Waals surface area contributed by atoms with Crippen LogP contribution in [0.3, 0.4) is 0 Å². The average molecular weight is 474 g/mol. The van der Waals surface area contributed by atoms with Crippen LogP contribution >= 0.6 is 27.3 Å². The lowest BCUT2D eigenvalue weighted by atomic mass is 10.1. The van der Waals surface area contributed by atoms with Crippen LogP contribution in [0, 0.1) is 10.1 Å². The summed E-state index contributed by atoms with van der Waals surface area (Å²) < 4.78 is 6.44. The molecule has 148 valence electrons. The van der Waals surface area contributed by atoms with E-state index in [2.05, 4.69) is 26.2 Å². The summed E-state index contributed by atoms with van der Waals surface area (Å²) in [5, 5.41) is 15.8. The van der Waals surface area contributed by atoms with E-state index in [0.717, 1.165) is 10.0 Å². The Labute approximate surface area is 179 Å². The second-order valence-electron chi connectivity index (χ2n) is 5.78. The van der Waals surface area contributed by atoms with Crippen LogP contribution in [0.25, 0.3) is 17.3 Å². The van der Waals surface area contributed by atoms with Gasteiger partial charge in [0.15, 0.2) is 5.13 Å². The molecule has 0 saturated carbocycles. The fourth-order valence-electron chi connectivity index (χ4n) is 2.49. The molecule has 0 fully saturated rings. The van der Waals surface area contributed by atoms with Crippen molar-refractivity contribution in [1.29, 1.82) is 0 Å². The molecule has 2 aromatic carbocycles. The van der Waals surface area contributed by atoms with E-state index in [1.807, 2.05) is 25.1 Å². The molecule has 0 unspecified atom stereocenters. The molecule has 1 aromatic heterocycles. The minimum absolute atomic E-state index is 0.0110. The van der Waals surface area contributed by atoms with Crippen LogP contribution in [0.15, 0.2) is 58.4 Å². The fraction of sp³-hybridized carbons (Fsp3) is 0.100. The highest BCUT2D eigenvalue weighted by Crippen LogP contribution is 2.28. The Bertz CT molecular complexity index is 1080. The quantitative estimate of drug-likeness (QED) is 0.276. The average Bonchev–Trinajstić information content (AvgIpc) is 3.17. The lowest BCUT2D eigenvalue weighted by molar-refractivity contribution is -0.384. The first-order valence-electron chi connectivity index (χ1n) is 8.58. The first kappa shape index (κ1) is 20.7. The summed E-state index contributed by atoms with van der Waals surface area (Å²) in [4.78, 5) is 27.1. The maximum absolute atomic E-state index is 12.3. The second-order valence-corrected chi connectivity index (χ2v) is 7.56. The van der Waals surface area contributed by atoms with Gasteiger partial charge in [0.25, 0.3) is 5.69 Å². The summed E-state index contributed by atoms with van der Waals surface area (Å²) in [7, 11) is 0. The maximum Gasteiger partial charge on any atom is 0.270 e. The zero-order valence-electron chi connectivity index (χ0n) is 15.3. The lowest BCUT2D eigenvalue weighted by Crippen LogP contribution is -2.07. The van der Waals surface area contributed by atoms with E-state index in [0.29, 0.717) is 28.7 Å². The molecule has 29 heavy (non-hydrogen) atoms. The monoisotopic (exact) mass is 473 g/mol. The van der Waals surface area contributed by atoms with Crippen LogP contribution in [0.4, 0.5) is 10.8 Å². The van der Waals surface area contributed by atoms with E-state index in [4.69, 9.17) is 4.74 Å². The molecule has 9 heteroatoms. The number of aromatic nitrogens is 1. The second kappa shape index (κ2) is 9.44. The van der Waals surface area contributed by atoms with Crippen LogP contribution < -0.4 is 10.1 Å². The molecule has 0 aliphatic carbocycles. The molecular formula is C20H16BrN3O4S. The predicted molar refractivity (Wildman–Crippen MR) is 117 cm³/mol. The molecule has 1 heterocycles. The summed E-state index contributed by atoms with van der Waals surface area (Å²) in [6.07, 6.45) is 3.07. The highest BCUT2D eigenvalue weighted by atomic mass is 79.9. The highest BCUT2D eigenvalue weighted by Gasteiger charge is 2.11. The van der Waals surface area contributed by atoms with Crippen molar-refractivity contribution in [2.45, 2.75) is 6.92 Å². The molecule has 0 radical (unpaired) electrons. The van der Waals surface area contributed by atoms with Gasteiger partial charge in [-0.2, -0.15) is 0 Å². The number of carbonyl (C=O) groups is 1. The van der Waals surface area contributed by atoms with Gasteiger partial charge in [-0.25, -0.2) is 4.98 Å². The van der Waals surface area contributed by atoms with Gasteiger partial charge in [-0.05, 0) is 31.2 Å². The van der Waals surface area contributed by atoms with E-state index in [-0.39, 0.29) is 11.6 Å². The van der Waals surface area contributed by atoms with Crippen LogP contribution in [0.5, 0.6) is 5.75 Å². The van der Waals surface area contributed by atoms with Gasteiger partial charge in [-0.3, -0.25) is 20.2 Å². The predicted octanol–water partition coefficient (Wildman–Crippen LogP) is 5.53. The summed E-state index contributed by atoms with van der Waals surface area (Å²) >= 11 is 4.65. The number of ether oxygens (including phenoxy) is 1. The van der Waals surface area contributed by atoms with E-state index in [1.54, 1.807) is 23.6 Å². The molecule has 1 amide bonds. The standard InChI is InChI=1S/C20H16BrN3O4S/c1-2-28-18-8-7-15(21)10-14(18)6-9-19(25)23-20-22-17(12-29-20)13-4-3-5-16(11-13)24(26)27/h3-12H,2H2,1H3,(H,22,23,25). The molecule has 0 aliphatic heterocycles. The number of nitrogens with one attached hydrogen (secondary N) is 1. The minimum Gasteiger partial charge on any atom is -0.493 e. The normalized spacial score (nSPS) is 10.8. The largest absolute Gasteiger partial charge is 0.493 e. The van der Waals surface area contributed by atoms with Gasteiger partial charge in [-0.1, -0.05) is 28.1 Å². The van der Waals surface area contributed by atoms with Crippen molar-refractivity contribution in [1.82, 2.24) is 4.98 Å². The van der Waals surface area contributed by atoms with Gasteiger partial charge in [0.1, 0.15) is 5.75 Å². The number of anilines is 1. The van der Waals surface area contributed by atoms with E-state index < -0.39 is 4.92 Å². The highest BCUT2D eigenvalue weighted by molar-refractivity contribution is 9.10. The molecule has 1 N–H and O–H groups in total. The van der Waals surface area contributed by atoms with Crippen molar-refractivity contribution in [2.24, 2.45) is 0 Å². The molecule has 3 aromatic rings. The number of carbonyl (C=O) groups excluding carboxylic acids is 1. The Kier molecular flexibility index (Phi) is 6.73. The number of thiazole rings is 1. The van der Waals surface area contributed by atoms with Crippen molar-refractivity contribution in [3.8, 4) is 17.0 Å². The van der Waals surface area contributed by atoms with Gasteiger partial charge in [0, 0.05) is 39.2 Å². The number of nitro groups is 1. The molecule has 0 saturated heterocycles. The molecule has 3 rings (SSSR count). The summed E-state index contributed by atoms with van der Waals surface area (Å²) in [5.41, 5.74) is 1.93. The van der Waals surface area contributed by atoms with Crippen molar-refractivity contribution >= 4 is 50.1 Å². The number of rotatable bonds is 7. The van der Waals surface area contributed by atoms with E-state index in [9.17, 15) is 14.9 Å². The van der Waals surface area contributed by atoms with Gasteiger partial charge in [0.2, 0.25) is 5.91 Å². The third-order valence-corrected chi connectivity index (χ3v) is 5.02. The van der Waals surface area contributed by atoms with Crippen molar-refractivity contribution in [2.75, 3.05) is 11.9 Å². The first-order valence-corrected chi connectivity index (χ1v) is 10.3. The fourth-order valence-corrected chi connectivity index (χ4v) is 3.59. The number of amides is 1. The number of halogens is 1. The maximum atomic E-state index is 12.3. The van der Waals surface area contributed by atoms with Crippen LogP contribution in [0.1, 0.15) is 12.5 Å². The summed E-state index contributed by atoms with van der Waals surface area (Å²) in [6.45, 7) is 2.41. The Morgan fingerprint density at radius 2 is 2.17 bits per heavy atom. The van der Waals surface area contributed by atoms with Crippen molar-refractivity contribution in [3.05, 3.63) is 74.1 Å². The topological polar surface area (TPSA) is 94.4 Å². The summed E-state index contributed by atoms with van der Waals surface area (Å²) in [6, 6.07) is 11.8. The Morgan fingerprint density at radius 1 is 1.34 bits per heavy atom. The third kappa shape index (κ3) is 5.49. The van der Waals surface area contributed by atoms with Crippen LogP contribution in [-0.2, 0) is 4.79 Å². The number of hydrogen-bond acceptors (Lipinski definition) is 6. The van der Waals surface area contributed by atoms with E-state index >= 15 is 0 Å². The number of nitro benzene ring substituents is 1. The molecule has 0 aliphatic rings. The molecule has 7 nitrogen and oxygen atoms in total. The first-order chi connectivity index (χ1) is 14.0. The number of nitrogens with zero attached hydrogens (tertiary/aromatic N) is 2. The van der Waals surface area contributed by atoms with Gasteiger partial charge in [0.05, 0.1) is 17.2 Å². The van der Waals surface area contributed by atoms with Crippen LogP contribution in [-0.4, -0.2) is 22.4 Å². The van der Waals surface area contributed by atoms with E-state index in [1.165, 1.54) is 29.5 Å². The Morgan fingerprint density at radius 3 is 2.93 bits per heavy atom. The Hall–Kier alpha value is -3.04. The SMILES string of the molecule is CCOc1ccc(Br)cc1C=CC(=O)Nc1nc(-c2cccc([N+](=O)[O-])c2)cs1. The van der Waals surface area contributed by atoms with Crippen molar-refractivity contribution in [3.63, 3.8) is 0 Å². The van der Waals surface area contributed by atoms with Crippen LogP contribution in [0.2, 0.25) is 0 Å². The molecule has 0 atom stereocenters. The lowest BCUT2D eigenvalue weighted by Gasteiger charge is -2.07. The Balaban J connectivity index is 1.71. The molecule has 0 bridgehead atoms.